The highest BCUT2D eigenvalue weighted by molar-refractivity contribution is 7.69. The lowest BCUT2D eigenvalue weighted by Gasteiger charge is -2.33. The molecule has 1 aromatic carbocycles. The Morgan fingerprint density at radius 2 is 1.35 bits per heavy atom. The molecule has 1 rings (SSSR count). The van der Waals surface area contributed by atoms with Crippen LogP contribution in [0.1, 0.15) is 5.56 Å². The van der Waals surface area contributed by atoms with Crippen molar-refractivity contribution in [1.29, 1.82) is 0 Å². The van der Waals surface area contributed by atoms with Crippen LogP contribution in [-0.4, -0.2) is 23.5 Å². The zero-order valence-electron chi connectivity index (χ0n) is 9.16. The van der Waals surface area contributed by atoms with Crippen LogP contribution in [0.25, 0.3) is 0 Å². The number of hydrogen-bond donors (Lipinski definition) is 1. The number of hydrogen-bond acceptors (Lipinski definition) is 1. The van der Waals surface area contributed by atoms with Gasteiger partial charge in [-0.2, -0.15) is 26.3 Å². The fourth-order valence-electron chi connectivity index (χ4n) is 1.41. The van der Waals surface area contributed by atoms with Crippen molar-refractivity contribution < 1.29 is 31.4 Å². The van der Waals surface area contributed by atoms with E-state index in [9.17, 15) is 31.4 Å². The van der Waals surface area contributed by atoms with Gasteiger partial charge < -0.3 is 5.11 Å². The first kappa shape index (κ1) is 17.9. The molecule has 0 unspecified atom stereocenters. The van der Waals surface area contributed by atoms with Gasteiger partial charge in [0.25, 0.3) is 5.60 Å². The van der Waals surface area contributed by atoms with Gasteiger partial charge in [0.1, 0.15) is 0 Å². The molecule has 1 N–H and O–H groups in total. The van der Waals surface area contributed by atoms with Crippen LogP contribution in [0.4, 0.5) is 26.3 Å². The molecular formula is C9H5Cl3F6OSi. The smallest absolute Gasteiger partial charge is 0.369 e. The fraction of sp³-hybridized carbons (Fsp3) is 0.333. The van der Waals surface area contributed by atoms with E-state index in [2.05, 4.69) is 0 Å². The average Bonchev–Trinajstić information content (AvgIpc) is 2.24. The van der Waals surface area contributed by atoms with Crippen molar-refractivity contribution in [2.75, 3.05) is 0 Å². The summed E-state index contributed by atoms with van der Waals surface area (Å²) in [5.74, 6) is 0. The van der Waals surface area contributed by atoms with Crippen molar-refractivity contribution in [3.05, 3.63) is 29.8 Å². The highest BCUT2D eigenvalue weighted by Gasteiger charge is 2.71. The van der Waals surface area contributed by atoms with E-state index in [-0.39, 0.29) is 5.19 Å². The minimum absolute atomic E-state index is 0.299. The second-order valence-electron chi connectivity index (χ2n) is 3.78. The van der Waals surface area contributed by atoms with Gasteiger partial charge in [0.15, 0.2) is 0 Å². The van der Waals surface area contributed by atoms with Crippen LogP contribution in [0, 0.1) is 0 Å². The van der Waals surface area contributed by atoms with Gasteiger partial charge in [-0.1, -0.05) is 24.3 Å². The number of benzene rings is 1. The Balaban J connectivity index is 3.53. The summed E-state index contributed by atoms with van der Waals surface area (Å²) in [7, 11) is 0. The summed E-state index contributed by atoms with van der Waals surface area (Å²) in [6, 6.07) is -0.892. The van der Waals surface area contributed by atoms with Gasteiger partial charge in [-0.15, -0.1) is 33.2 Å². The summed E-state index contributed by atoms with van der Waals surface area (Å²) in [5, 5.41) is 8.88. The molecule has 1 nitrogen and oxygen atoms in total. The first-order chi connectivity index (χ1) is 8.71. The maximum absolute atomic E-state index is 12.7. The van der Waals surface area contributed by atoms with Gasteiger partial charge in [0.2, 0.25) is 0 Å². The molecular weight excluding hydrogens is 373 g/mol. The summed E-state index contributed by atoms with van der Waals surface area (Å²) in [6.07, 6.45) is -11.9. The Bertz CT molecular complexity index is 482. The minimum atomic E-state index is -5.97. The molecule has 0 heterocycles. The molecule has 11 heteroatoms. The highest BCUT2D eigenvalue weighted by Crippen LogP contribution is 2.49. The van der Waals surface area contributed by atoms with Gasteiger partial charge in [0, 0.05) is 5.56 Å². The summed E-state index contributed by atoms with van der Waals surface area (Å²) >= 11 is 16.6. The van der Waals surface area contributed by atoms with Gasteiger partial charge in [-0.05, 0) is 5.19 Å². The maximum Gasteiger partial charge on any atom is 0.430 e. The largest absolute Gasteiger partial charge is 0.430 e. The van der Waals surface area contributed by atoms with Crippen molar-refractivity contribution in [2.45, 2.75) is 18.0 Å². The van der Waals surface area contributed by atoms with Crippen LogP contribution in [0.3, 0.4) is 0 Å². The lowest BCUT2D eigenvalue weighted by Crippen LogP contribution is -2.54. The van der Waals surface area contributed by atoms with Gasteiger partial charge in [0.05, 0.1) is 0 Å². The van der Waals surface area contributed by atoms with Crippen LogP contribution < -0.4 is 5.19 Å². The Labute approximate surface area is 124 Å². The van der Waals surface area contributed by atoms with E-state index >= 15 is 0 Å². The molecule has 0 aliphatic rings. The van der Waals surface area contributed by atoms with E-state index in [1.807, 2.05) is 0 Å². The zero-order chi connectivity index (χ0) is 16.0. The molecule has 0 aromatic heterocycles. The number of alkyl halides is 6. The predicted molar refractivity (Wildman–Crippen MR) is 65.4 cm³/mol. The molecule has 1 aromatic rings. The normalized spacial score (nSPS) is 14.5. The fourth-order valence-corrected chi connectivity index (χ4v) is 3.07. The molecule has 114 valence electrons. The third-order valence-corrected chi connectivity index (χ3v) is 5.36. The quantitative estimate of drug-likeness (QED) is 0.471. The molecule has 0 radical (unpaired) electrons. The Morgan fingerprint density at radius 1 is 0.900 bits per heavy atom. The van der Waals surface area contributed by atoms with E-state index in [0.717, 1.165) is 12.1 Å². The lowest BCUT2D eigenvalue weighted by atomic mass is 9.92. The standard InChI is InChI=1S/C9H5Cl3F6OSi/c10-20(11,12)6-3-1-2-5(4-6)7(19,8(13,14)15)9(16,17)18/h1-4,19H. The molecule has 0 aliphatic carbocycles. The number of rotatable bonds is 2. The zero-order valence-corrected chi connectivity index (χ0v) is 12.4. The minimum Gasteiger partial charge on any atom is -0.369 e. The van der Waals surface area contributed by atoms with Crippen LogP contribution in [0.15, 0.2) is 24.3 Å². The van der Waals surface area contributed by atoms with Crippen LogP contribution >= 0.6 is 33.2 Å². The topological polar surface area (TPSA) is 20.2 Å². The van der Waals surface area contributed by atoms with E-state index < -0.39 is 29.5 Å². The molecule has 0 saturated heterocycles. The second kappa shape index (κ2) is 5.24. The highest BCUT2D eigenvalue weighted by atomic mass is 35.8. The predicted octanol–water partition coefficient (Wildman–Crippen LogP) is 3.86. The maximum atomic E-state index is 12.7. The van der Waals surface area contributed by atoms with Crippen LogP contribution in [0.2, 0.25) is 0 Å². The molecule has 0 saturated carbocycles. The summed E-state index contributed by atoms with van der Waals surface area (Å²) in [5.41, 5.74) is -6.48. The molecule has 0 spiro atoms. The van der Waals surface area contributed by atoms with Crippen molar-refractivity contribution in [1.82, 2.24) is 0 Å². The Kier molecular flexibility index (Phi) is 4.69. The number of aliphatic hydroxyl groups is 1. The third kappa shape index (κ3) is 3.19. The average molecular weight is 378 g/mol. The molecule has 20 heavy (non-hydrogen) atoms. The van der Waals surface area contributed by atoms with Gasteiger partial charge in [-0.3, -0.25) is 0 Å². The summed E-state index contributed by atoms with van der Waals surface area (Å²) < 4.78 is 75.9. The molecule has 0 atom stereocenters. The SMILES string of the molecule is OC(c1cccc([Si](Cl)(Cl)Cl)c1)(C(F)(F)F)C(F)(F)F. The summed E-state index contributed by atoms with van der Waals surface area (Å²) in [4.78, 5) is 0. The first-order valence-electron chi connectivity index (χ1n) is 4.75. The molecule has 0 aliphatic heterocycles. The van der Waals surface area contributed by atoms with E-state index in [1.165, 1.54) is 0 Å². The molecule has 0 amide bonds. The number of halogens is 9. The van der Waals surface area contributed by atoms with Crippen molar-refractivity contribution >= 4 is 44.4 Å². The van der Waals surface area contributed by atoms with Crippen molar-refractivity contribution in [2.24, 2.45) is 0 Å². The van der Waals surface area contributed by atoms with Crippen LogP contribution in [-0.2, 0) is 5.60 Å². The lowest BCUT2D eigenvalue weighted by molar-refractivity contribution is -0.376. The van der Waals surface area contributed by atoms with Gasteiger partial charge >= 0.3 is 18.4 Å². The van der Waals surface area contributed by atoms with Gasteiger partial charge in [-0.25, -0.2) is 0 Å². The summed E-state index contributed by atoms with van der Waals surface area (Å²) in [6.45, 7) is 0. The third-order valence-electron chi connectivity index (χ3n) is 2.43. The molecule has 0 bridgehead atoms. The van der Waals surface area contributed by atoms with E-state index in [4.69, 9.17) is 33.2 Å². The van der Waals surface area contributed by atoms with E-state index in [0.29, 0.717) is 12.1 Å². The van der Waals surface area contributed by atoms with E-state index in [1.54, 1.807) is 0 Å². The van der Waals surface area contributed by atoms with Crippen molar-refractivity contribution in [3.63, 3.8) is 0 Å². The first-order valence-corrected chi connectivity index (χ1v) is 9.78. The Morgan fingerprint density at radius 3 is 1.70 bits per heavy atom. The Hall–Kier alpha value is -0.153. The monoisotopic (exact) mass is 376 g/mol. The molecule has 0 fully saturated rings. The van der Waals surface area contributed by atoms with Crippen LogP contribution in [0.5, 0.6) is 0 Å². The second-order valence-corrected chi connectivity index (χ2v) is 12.2. The van der Waals surface area contributed by atoms with Crippen molar-refractivity contribution in [3.8, 4) is 0 Å².